The molecule has 3 unspecified atom stereocenters. The lowest BCUT2D eigenvalue weighted by molar-refractivity contribution is 0.0363. The number of rotatable bonds is 4. The van der Waals surface area contributed by atoms with Crippen molar-refractivity contribution in [1.29, 1.82) is 0 Å². The molecule has 96 valence electrons. The highest BCUT2D eigenvalue weighted by molar-refractivity contribution is 7.90. The molecule has 1 N–H and O–H groups in total. The van der Waals surface area contributed by atoms with E-state index in [9.17, 15) is 13.5 Å². The fourth-order valence-electron chi connectivity index (χ4n) is 2.57. The minimum Gasteiger partial charge on any atom is -0.393 e. The summed E-state index contributed by atoms with van der Waals surface area (Å²) in [6.45, 7) is 4.41. The van der Waals surface area contributed by atoms with Crippen molar-refractivity contribution in [3.05, 3.63) is 0 Å². The van der Waals surface area contributed by atoms with Gasteiger partial charge in [-0.1, -0.05) is 13.8 Å². The number of hydrogen-bond donors (Lipinski definition) is 1. The lowest BCUT2D eigenvalue weighted by Gasteiger charge is -2.35. The van der Waals surface area contributed by atoms with Gasteiger partial charge in [-0.3, -0.25) is 0 Å². The van der Waals surface area contributed by atoms with Crippen LogP contribution in [0.5, 0.6) is 0 Å². The van der Waals surface area contributed by atoms with Crippen LogP contribution in [0.3, 0.4) is 0 Å². The third kappa shape index (κ3) is 4.42. The number of sulfone groups is 1. The second-order valence-electron chi connectivity index (χ2n) is 5.56. The summed E-state index contributed by atoms with van der Waals surface area (Å²) >= 11 is 0. The molecule has 0 spiro atoms. The molecule has 4 heteroatoms. The zero-order chi connectivity index (χ0) is 12.3. The molecule has 0 aliphatic heterocycles. The molecule has 0 saturated heterocycles. The Balaban J connectivity index is 2.50. The van der Waals surface area contributed by atoms with Crippen molar-refractivity contribution in [2.75, 3.05) is 12.0 Å². The Morgan fingerprint density at radius 1 is 1.31 bits per heavy atom. The normalized spacial score (nSPS) is 31.9. The second kappa shape index (κ2) is 5.50. The maximum atomic E-state index is 11.1. The van der Waals surface area contributed by atoms with Gasteiger partial charge < -0.3 is 5.11 Å². The van der Waals surface area contributed by atoms with Gasteiger partial charge in [0.25, 0.3) is 0 Å². The van der Waals surface area contributed by atoms with Gasteiger partial charge in [0.05, 0.1) is 11.9 Å². The van der Waals surface area contributed by atoms with E-state index in [1.165, 1.54) is 6.26 Å². The standard InChI is InChI=1S/C12H24O3S/c1-9(2)10-4-5-12(13)11(8-10)6-7-16(3,14)15/h9-13H,4-8H2,1-3H3. The Morgan fingerprint density at radius 3 is 2.44 bits per heavy atom. The third-order valence-corrected chi connectivity index (χ3v) is 4.76. The molecule has 1 rings (SSSR count). The summed E-state index contributed by atoms with van der Waals surface area (Å²) in [4.78, 5) is 0. The first-order chi connectivity index (χ1) is 7.29. The van der Waals surface area contributed by atoms with Gasteiger partial charge in [0, 0.05) is 6.26 Å². The fourth-order valence-corrected chi connectivity index (χ4v) is 3.30. The summed E-state index contributed by atoms with van der Waals surface area (Å²) < 4.78 is 22.2. The SMILES string of the molecule is CC(C)C1CCC(O)C(CCS(C)(=O)=O)C1. The Hall–Kier alpha value is -0.0900. The van der Waals surface area contributed by atoms with Gasteiger partial charge >= 0.3 is 0 Å². The van der Waals surface area contributed by atoms with Gasteiger partial charge in [0.2, 0.25) is 0 Å². The highest BCUT2D eigenvalue weighted by atomic mass is 32.2. The van der Waals surface area contributed by atoms with E-state index in [2.05, 4.69) is 13.8 Å². The smallest absolute Gasteiger partial charge is 0.147 e. The van der Waals surface area contributed by atoms with E-state index in [-0.39, 0.29) is 17.8 Å². The van der Waals surface area contributed by atoms with Crippen LogP contribution in [-0.2, 0) is 9.84 Å². The van der Waals surface area contributed by atoms with Crippen molar-refractivity contribution in [3.63, 3.8) is 0 Å². The molecule has 0 heterocycles. The molecule has 1 saturated carbocycles. The van der Waals surface area contributed by atoms with Gasteiger partial charge in [-0.25, -0.2) is 8.42 Å². The van der Waals surface area contributed by atoms with Crippen molar-refractivity contribution in [2.45, 2.75) is 45.6 Å². The minimum absolute atomic E-state index is 0.177. The fraction of sp³-hybridized carbons (Fsp3) is 1.00. The topological polar surface area (TPSA) is 54.4 Å². The van der Waals surface area contributed by atoms with Crippen LogP contribution in [0.4, 0.5) is 0 Å². The lowest BCUT2D eigenvalue weighted by atomic mass is 9.74. The molecule has 3 atom stereocenters. The summed E-state index contributed by atoms with van der Waals surface area (Å²) in [5.41, 5.74) is 0. The summed E-state index contributed by atoms with van der Waals surface area (Å²) in [5, 5.41) is 9.87. The molecule has 1 aliphatic rings. The van der Waals surface area contributed by atoms with E-state index in [1.807, 2.05) is 0 Å². The van der Waals surface area contributed by atoms with Crippen LogP contribution in [0.2, 0.25) is 0 Å². The van der Waals surface area contributed by atoms with Crippen LogP contribution in [0.25, 0.3) is 0 Å². The van der Waals surface area contributed by atoms with Crippen LogP contribution in [0.15, 0.2) is 0 Å². The van der Waals surface area contributed by atoms with Crippen molar-refractivity contribution in [3.8, 4) is 0 Å². The van der Waals surface area contributed by atoms with Gasteiger partial charge in [0.15, 0.2) is 0 Å². The summed E-state index contributed by atoms with van der Waals surface area (Å²) in [6.07, 6.45) is 4.47. The Morgan fingerprint density at radius 2 is 1.94 bits per heavy atom. The third-order valence-electron chi connectivity index (χ3n) is 3.79. The molecule has 0 radical (unpaired) electrons. The maximum Gasteiger partial charge on any atom is 0.147 e. The maximum absolute atomic E-state index is 11.1. The van der Waals surface area contributed by atoms with Crippen molar-refractivity contribution < 1.29 is 13.5 Å². The predicted octanol–water partition coefficient (Wildman–Crippen LogP) is 1.85. The molecule has 1 aliphatic carbocycles. The van der Waals surface area contributed by atoms with E-state index >= 15 is 0 Å². The molecule has 0 bridgehead atoms. The van der Waals surface area contributed by atoms with Crippen molar-refractivity contribution in [1.82, 2.24) is 0 Å². The quantitative estimate of drug-likeness (QED) is 0.826. The summed E-state index contributed by atoms with van der Waals surface area (Å²) in [5.74, 6) is 1.66. The van der Waals surface area contributed by atoms with E-state index in [4.69, 9.17) is 0 Å². The van der Waals surface area contributed by atoms with Crippen LogP contribution < -0.4 is 0 Å². The largest absolute Gasteiger partial charge is 0.393 e. The van der Waals surface area contributed by atoms with E-state index < -0.39 is 9.84 Å². The minimum atomic E-state index is -2.90. The average molecular weight is 248 g/mol. The molecule has 3 nitrogen and oxygen atoms in total. The van der Waals surface area contributed by atoms with Crippen LogP contribution in [0.1, 0.15) is 39.5 Å². The second-order valence-corrected chi connectivity index (χ2v) is 7.82. The highest BCUT2D eigenvalue weighted by Gasteiger charge is 2.30. The van der Waals surface area contributed by atoms with Crippen LogP contribution in [-0.4, -0.2) is 31.6 Å². The summed E-state index contributed by atoms with van der Waals surface area (Å²) in [6, 6.07) is 0. The number of aliphatic hydroxyl groups is 1. The Bertz CT molecular complexity index is 308. The van der Waals surface area contributed by atoms with Crippen LogP contribution in [0, 0.1) is 17.8 Å². The first kappa shape index (κ1) is 14.0. The zero-order valence-corrected chi connectivity index (χ0v) is 11.3. The molecule has 16 heavy (non-hydrogen) atoms. The van der Waals surface area contributed by atoms with E-state index in [0.29, 0.717) is 18.3 Å². The van der Waals surface area contributed by atoms with Gasteiger partial charge in [0.1, 0.15) is 9.84 Å². The lowest BCUT2D eigenvalue weighted by Crippen LogP contribution is -2.32. The Kier molecular flexibility index (Phi) is 4.80. The predicted molar refractivity (Wildman–Crippen MR) is 66.0 cm³/mol. The summed E-state index contributed by atoms with van der Waals surface area (Å²) in [7, 11) is -2.90. The van der Waals surface area contributed by atoms with Gasteiger partial charge in [-0.05, 0) is 43.4 Å². The molecular formula is C12H24O3S. The van der Waals surface area contributed by atoms with Crippen LogP contribution >= 0.6 is 0 Å². The molecule has 0 aromatic carbocycles. The van der Waals surface area contributed by atoms with Crippen molar-refractivity contribution >= 4 is 9.84 Å². The zero-order valence-electron chi connectivity index (χ0n) is 10.5. The number of hydrogen-bond acceptors (Lipinski definition) is 3. The van der Waals surface area contributed by atoms with Gasteiger partial charge in [-0.2, -0.15) is 0 Å². The first-order valence-electron chi connectivity index (χ1n) is 6.15. The van der Waals surface area contributed by atoms with E-state index in [1.54, 1.807) is 0 Å². The molecular weight excluding hydrogens is 224 g/mol. The molecule has 0 aromatic rings. The number of aliphatic hydroxyl groups excluding tert-OH is 1. The highest BCUT2D eigenvalue weighted by Crippen LogP contribution is 2.35. The molecule has 0 amide bonds. The molecule has 1 fully saturated rings. The van der Waals surface area contributed by atoms with Gasteiger partial charge in [-0.15, -0.1) is 0 Å². The first-order valence-corrected chi connectivity index (χ1v) is 8.21. The monoisotopic (exact) mass is 248 g/mol. The van der Waals surface area contributed by atoms with E-state index in [0.717, 1.165) is 19.3 Å². The van der Waals surface area contributed by atoms with Crippen molar-refractivity contribution in [2.24, 2.45) is 17.8 Å². The molecule has 0 aromatic heterocycles. The average Bonchev–Trinajstić information content (AvgIpc) is 2.14. The Labute approximate surface area is 99.2 Å².